The Kier molecular flexibility index (Phi) is 24.9. The van der Waals surface area contributed by atoms with Crippen LogP contribution in [0.15, 0.2) is 24.3 Å². The maximum Gasteiger partial charge on any atom is 0.490 e. The Balaban J connectivity index is 0.00000572. The number of primary amides is 1. The lowest BCUT2D eigenvalue weighted by atomic mass is 10.0. The predicted octanol–water partition coefficient (Wildman–Crippen LogP) is -7.22. The highest BCUT2D eigenvalue weighted by molar-refractivity contribution is 5.99. The van der Waals surface area contributed by atoms with Gasteiger partial charge in [0.1, 0.15) is 42.0 Å². The quantitative estimate of drug-likeness (QED) is 0.0458. The van der Waals surface area contributed by atoms with Crippen molar-refractivity contribution in [1.29, 1.82) is 0 Å². The largest absolute Gasteiger partial charge is 0.508 e. The van der Waals surface area contributed by atoms with Gasteiger partial charge in [-0.25, -0.2) is 9.59 Å². The van der Waals surface area contributed by atoms with E-state index in [2.05, 4.69) is 37.2 Å². The molecule has 0 aliphatic heterocycles. The second-order valence-electron chi connectivity index (χ2n) is 14.7. The molecule has 19 N–H and O–H groups in total. The van der Waals surface area contributed by atoms with Gasteiger partial charge in [0.05, 0.1) is 43.5 Å². The summed E-state index contributed by atoms with van der Waals surface area (Å²) in [5.74, 6) is -14.0. The Morgan fingerprint density at radius 1 is 0.552 bits per heavy atom. The summed E-state index contributed by atoms with van der Waals surface area (Å²) in [7, 11) is 0. The highest BCUT2D eigenvalue weighted by atomic mass is 19.4. The molecule has 12 atom stereocenters. The van der Waals surface area contributed by atoms with Gasteiger partial charge in [-0.2, -0.15) is 13.2 Å². The number of carbonyl (C=O) groups excluding carboxylic acids is 8. The van der Waals surface area contributed by atoms with Crippen LogP contribution in [0.5, 0.6) is 5.75 Å². The van der Waals surface area contributed by atoms with Gasteiger partial charge in [-0.05, 0) is 52.3 Å². The highest BCUT2D eigenvalue weighted by Crippen LogP contribution is 2.14. The van der Waals surface area contributed by atoms with Gasteiger partial charge in [0.2, 0.25) is 47.3 Å². The molecule has 378 valence electrons. The molecule has 1 aromatic carbocycles. The zero-order valence-corrected chi connectivity index (χ0v) is 36.3. The lowest BCUT2D eigenvalue weighted by Gasteiger charge is -2.29. The third-order valence-corrected chi connectivity index (χ3v) is 8.75. The molecule has 0 bridgehead atoms. The average Bonchev–Trinajstić information content (AvgIpc) is 3.20. The van der Waals surface area contributed by atoms with Crippen molar-refractivity contribution in [3.05, 3.63) is 29.8 Å². The SMILES string of the molecule is C[C@H](N)C(=O)N[C@@H](CO)C(=O)N[C@H](C(=O)N[C@H](C(=O)N[C@H](C(=O)N[C@@H](CC(N)=O)C(=O)N[C@@H](Cc1ccc(O)cc1)C(=O)N[C@H](C(=O)O)[C@@H](C)O)[C@H](C)O)[C@@H](C)O)[C@@H](C)O.O=C(O)C(F)(F)F. The normalized spacial score (nSPS) is 16.5. The van der Waals surface area contributed by atoms with Crippen molar-refractivity contribution in [1.82, 2.24) is 37.2 Å². The van der Waals surface area contributed by atoms with Crippen molar-refractivity contribution >= 4 is 59.2 Å². The summed E-state index contributed by atoms with van der Waals surface area (Å²) in [6, 6.07) is -8.69. The summed E-state index contributed by atoms with van der Waals surface area (Å²) in [4.78, 5) is 124. The average molecular weight is 972 g/mol. The molecule has 0 aromatic heterocycles. The molecule has 0 heterocycles. The lowest BCUT2D eigenvalue weighted by molar-refractivity contribution is -0.192. The lowest BCUT2D eigenvalue weighted by Crippen LogP contribution is -2.64. The predicted molar refractivity (Wildman–Crippen MR) is 218 cm³/mol. The first-order valence-electron chi connectivity index (χ1n) is 19.6. The highest BCUT2D eigenvalue weighted by Gasteiger charge is 2.39. The molecule has 1 aromatic rings. The van der Waals surface area contributed by atoms with Crippen LogP contribution in [0.3, 0.4) is 0 Å². The number of aliphatic hydroxyl groups is 5. The van der Waals surface area contributed by atoms with Crippen molar-refractivity contribution in [3.8, 4) is 5.75 Å². The number of aromatic hydroxyl groups is 1. The Morgan fingerprint density at radius 2 is 0.881 bits per heavy atom. The zero-order valence-electron chi connectivity index (χ0n) is 36.3. The second kappa shape index (κ2) is 27.7. The van der Waals surface area contributed by atoms with Gasteiger partial charge in [0, 0.05) is 6.42 Å². The zero-order chi connectivity index (χ0) is 52.3. The van der Waals surface area contributed by atoms with Gasteiger partial charge in [-0.15, -0.1) is 0 Å². The van der Waals surface area contributed by atoms with E-state index in [1.54, 1.807) is 0 Å². The van der Waals surface area contributed by atoms with E-state index >= 15 is 0 Å². The first kappa shape index (κ1) is 60.3. The number of aliphatic carboxylic acids is 2. The topological polar surface area (TPSA) is 469 Å². The number of halogens is 3. The monoisotopic (exact) mass is 971 g/mol. The van der Waals surface area contributed by atoms with Crippen molar-refractivity contribution in [3.63, 3.8) is 0 Å². The van der Waals surface area contributed by atoms with Crippen LogP contribution >= 0.6 is 0 Å². The van der Waals surface area contributed by atoms with E-state index in [1.807, 2.05) is 0 Å². The number of carbonyl (C=O) groups is 10. The first-order valence-corrected chi connectivity index (χ1v) is 19.6. The van der Waals surface area contributed by atoms with E-state index in [0.29, 0.717) is 5.56 Å². The summed E-state index contributed by atoms with van der Waals surface area (Å²) in [6.07, 6.45) is -13.2. The van der Waals surface area contributed by atoms with Crippen molar-refractivity contribution < 1.29 is 102 Å². The maximum atomic E-state index is 13.6. The Hall–Kier alpha value is -6.73. The number of hydrogen-bond acceptors (Lipinski definition) is 17. The maximum absolute atomic E-state index is 13.6. The van der Waals surface area contributed by atoms with Crippen molar-refractivity contribution in [2.75, 3.05) is 6.61 Å². The van der Waals surface area contributed by atoms with Gasteiger partial charge >= 0.3 is 18.1 Å². The number of carboxylic acids is 2. The molecule has 0 unspecified atom stereocenters. The minimum absolute atomic E-state index is 0.152. The molecule has 67 heavy (non-hydrogen) atoms. The van der Waals surface area contributed by atoms with E-state index in [0.717, 1.165) is 27.7 Å². The molecule has 30 heteroatoms. The minimum atomic E-state index is -5.08. The second-order valence-corrected chi connectivity index (χ2v) is 14.7. The van der Waals surface area contributed by atoms with E-state index in [1.165, 1.54) is 31.2 Å². The number of carboxylic acid groups (broad SMARTS) is 2. The van der Waals surface area contributed by atoms with Crippen LogP contribution in [0.4, 0.5) is 13.2 Å². The number of phenolic OH excluding ortho intramolecular Hbond substituents is 1. The number of nitrogens with two attached hydrogens (primary N) is 2. The molecule has 0 saturated heterocycles. The van der Waals surface area contributed by atoms with Gasteiger partial charge in [0.25, 0.3) is 0 Å². The van der Waals surface area contributed by atoms with Crippen LogP contribution in [0.2, 0.25) is 0 Å². The van der Waals surface area contributed by atoms with Crippen LogP contribution in [0.1, 0.15) is 46.6 Å². The molecular weight excluding hydrogens is 915 g/mol. The molecule has 0 saturated carbocycles. The number of hydrogen-bond donors (Lipinski definition) is 17. The van der Waals surface area contributed by atoms with Crippen LogP contribution in [-0.4, -0.2) is 186 Å². The molecule has 8 amide bonds. The molecule has 0 fully saturated rings. The molecule has 0 aliphatic rings. The molecular formula is C37H56F3N9O18. The van der Waals surface area contributed by atoms with Gasteiger partial charge in [-0.3, -0.25) is 38.4 Å². The van der Waals surface area contributed by atoms with E-state index in [-0.39, 0.29) is 12.2 Å². The van der Waals surface area contributed by atoms with E-state index in [9.17, 15) is 92.1 Å². The molecule has 0 radical (unpaired) electrons. The van der Waals surface area contributed by atoms with Crippen LogP contribution in [0, 0.1) is 0 Å². The summed E-state index contributed by atoms with van der Waals surface area (Å²) in [5.41, 5.74) is 11.1. The van der Waals surface area contributed by atoms with E-state index in [4.69, 9.17) is 21.4 Å². The Morgan fingerprint density at radius 3 is 1.22 bits per heavy atom. The van der Waals surface area contributed by atoms with Crippen molar-refractivity contribution in [2.45, 2.75) is 126 Å². The number of benzene rings is 1. The molecule has 0 spiro atoms. The molecule has 27 nitrogen and oxygen atoms in total. The fourth-order valence-electron chi connectivity index (χ4n) is 5.12. The number of nitrogens with one attached hydrogen (secondary N) is 7. The Bertz CT molecular complexity index is 1900. The van der Waals surface area contributed by atoms with Crippen LogP contribution in [0.25, 0.3) is 0 Å². The fourth-order valence-corrected chi connectivity index (χ4v) is 5.12. The number of alkyl halides is 3. The summed E-state index contributed by atoms with van der Waals surface area (Å²) in [6.45, 7) is 4.53. The molecule has 1 rings (SSSR count). The third-order valence-electron chi connectivity index (χ3n) is 8.75. The summed E-state index contributed by atoms with van der Waals surface area (Å²) < 4.78 is 31.7. The molecule has 0 aliphatic carbocycles. The van der Waals surface area contributed by atoms with Gasteiger partial charge in [0.15, 0.2) is 6.04 Å². The number of amides is 8. The van der Waals surface area contributed by atoms with Crippen molar-refractivity contribution in [2.24, 2.45) is 11.5 Å². The number of rotatable bonds is 24. The third kappa shape index (κ3) is 21.4. The van der Waals surface area contributed by atoms with Crippen LogP contribution < -0.4 is 48.7 Å². The number of phenols is 1. The first-order chi connectivity index (χ1) is 30.7. The summed E-state index contributed by atoms with van der Waals surface area (Å²) >= 11 is 0. The van der Waals surface area contributed by atoms with Crippen LogP contribution in [-0.2, 0) is 54.4 Å². The minimum Gasteiger partial charge on any atom is -0.508 e. The smallest absolute Gasteiger partial charge is 0.490 e. The van der Waals surface area contributed by atoms with Gasteiger partial charge in [-0.1, -0.05) is 12.1 Å². The number of aliphatic hydroxyl groups excluding tert-OH is 5. The Labute approximate surface area is 378 Å². The van der Waals surface area contributed by atoms with E-state index < -0.39 is 151 Å². The standard InChI is InChI=1S/C35H55N9O16.C2HF3O2/c1-13(36)28(52)40-22(12-45)31(55)41-25(15(3)47)33(57)43-26(16(4)48)34(58)42-24(14(2)46)32(56)39-21(11-23(37)51)29(53)38-20(10-18-6-8-19(50)9-7-18)30(54)44-27(17(5)49)35(59)60;3-2(4,5)1(6)7/h6-9,13-17,20-22,24-27,45-50H,10-12,36H2,1-5H3,(H2,37,51)(H,38,53)(H,39,56)(H,40,52)(H,41,55)(H,42,58)(H,43,57)(H,44,54)(H,59,60);(H,6,7)/t13-,14-,15+,16+,17+,20-,21-,22-,24-,25-,26-,27-;/m0./s1. The fraction of sp³-hybridized carbons (Fsp3) is 0.568. The summed E-state index contributed by atoms with van der Waals surface area (Å²) in [5, 5.41) is 91.6. The van der Waals surface area contributed by atoms with Gasteiger partial charge < -0.3 is 89.5 Å².